The molecular formula is C13H14N2OS. The highest BCUT2D eigenvalue weighted by Gasteiger charge is 2.27. The first-order valence-electron chi connectivity index (χ1n) is 5.75. The molecule has 1 unspecified atom stereocenters. The fourth-order valence-electron chi connectivity index (χ4n) is 2.41. The normalized spacial score (nSPS) is 19.1. The molecule has 0 saturated carbocycles. The van der Waals surface area contributed by atoms with Crippen molar-refractivity contribution in [1.29, 1.82) is 0 Å². The van der Waals surface area contributed by atoms with Crippen LogP contribution in [0.15, 0.2) is 35.2 Å². The van der Waals surface area contributed by atoms with Gasteiger partial charge in [-0.2, -0.15) is 11.3 Å². The maximum Gasteiger partial charge on any atom is 0.255 e. The molecule has 1 aliphatic heterocycles. The molecule has 2 aromatic rings. The smallest absolute Gasteiger partial charge is 0.255 e. The zero-order valence-corrected chi connectivity index (χ0v) is 10.5. The fourth-order valence-corrected chi connectivity index (χ4v) is 3.04. The van der Waals surface area contributed by atoms with Gasteiger partial charge in [0.05, 0.1) is 11.6 Å². The van der Waals surface area contributed by atoms with Crippen LogP contribution in [0, 0.1) is 0 Å². The van der Waals surface area contributed by atoms with Crippen LogP contribution >= 0.6 is 11.3 Å². The van der Waals surface area contributed by atoms with Gasteiger partial charge < -0.3 is 9.47 Å². The molecule has 0 radical (unpaired) electrons. The number of carbonyl (C=O) groups excluding carboxylic acids is 1. The molecule has 3 rings (SSSR count). The summed E-state index contributed by atoms with van der Waals surface area (Å²) in [4.78, 5) is 14.3. The minimum Gasteiger partial charge on any atom is -0.348 e. The molecule has 2 aromatic heterocycles. The number of rotatable bonds is 1. The van der Waals surface area contributed by atoms with Crippen molar-refractivity contribution in [1.82, 2.24) is 9.47 Å². The Morgan fingerprint density at radius 3 is 3.06 bits per heavy atom. The van der Waals surface area contributed by atoms with E-state index < -0.39 is 0 Å². The number of nitrogens with zero attached hydrogens (tertiary/aromatic N) is 2. The Hall–Kier alpha value is -1.55. The zero-order chi connectivity index (χ0) is 11.8. The van der Waals surface area contributed by atoms with Gasteiger partial charge in [-0.05, 0) is 30.5 Å². The van der Waals surface area contributed by atoms with Crippen LogP contribution in [-0.4, -0.2) is 21.9 Å². The molecule has 0 spiro atoms. The summed E-state index contributed by atoms with van der Waals surface area (Å²) in [5, 5.41) is 3.87. The maximum atomic E-state index is 12.3. The number of hydrogen-bond acceptors (Lipinski definition) is 2. The summed E-state index contributed by atoms with van der Waals surface area (Å²) in [7, 11) is 0. The number of thiophene rings is 1. The lowest BCUT2D eigenvalue weighted by atomic mass is 10.1. The van der Waals surface area contributed by atoms with Gasteiger partial charge in [0, 0.05) is 30.4 Å². The van der Waals surface area contributed by atoms with Gasteiger partial charge in [0.25, 0.3) is 5.91 Å². The van der Waals surface area contributed by atoms with Gasteiger partial charge in [-0.15, -0.1) is 0 Å². The van der Waals surface area contributed by atoms with Crippen LogP contribution < -0.4 is 0 Å². The first kappa shape index (κ1) is 10.6. The Morgan fingerprint density at radius 2 is 2.29 bits per heavy atom. The number of fused-ring (bicyclic) bond motifs is 1. The fraction of sp³-hybridized carbons (Fsp3) is 0.308. The number of hydrogen-bond donors (Lipinski definition) is 0. The summed E-state index contributed by atoms with van der Waals surface area (Å²) < 4.78 is 2.22. The summed E-state index contributed by atoms with van der Waals surface area (Å²) >= 11 is 1.57. The predicted molar refractivity (Wildman–Crippen MR) is 68.2 cm³/mol. The number of carbonyl (C=O) groups is 1. The van der Waals surface area contributed by atoms with E-state index in [2.05, 4.69) is 23.8 Å². The van der Waals surface area contributed by atoms with Crippen LogP contribution in [-0.2, 0) is 6.54 Å². The minimum absolute atomic E-state index is 0.145. The lowest BCUT2D eigenvalue weighted by Gasteiger charge is -2.34. The van der Waals surface area contributed by atoms with Crippen molar-refractivity contribution >= 4 is 17.2 Å². The van der Waals surface area contributed by atoms with Gasteiger partial charge in [0.2, 0.25) is 0 Å². The first-order chi connectivity index (χ1) is 8.27. The van der Waals surface area contributed by atoms with Crippen molar-refractivity contribution in [3.8, 4) is 0 Å². The lowest BCUT2D eigenvalue weighted by molar-refractivity contribution is 0.0644. The van der Waals surface area contributed by atoms with E-state index in [1.165, 1.54) is 5.69 Å². The molecule has 0 aromatic carbocycles. The van der Waals surface area contributed by atoms with E-state index in [4.69, 9.17) is 0 Å². The summed E-state index contributed by atoms with van der Waals surface area (Å²) in [6.07, 6.45) is 2.08. The third-order valence-corrected chi connectivity index (χ3v) is 4.05. The van der Waals surface area contributed by atoms with E-state index in [1.54, 1.807) is 11.3 Å². The highest BCUT2D eigenvalue weighted by atomic mass is 32.1. The van der Waals surface area contributed by atoms with Gasteiger partial charge >= 0.3 is 0 Å². The van der Waals surface area contributed by atoms with E-state index in [0.29, 0.717) is 0 Å². The Bertz CT molecular complexity index is 529. The second-order valence-corrected chi connectivity index (χ2v) is 5.09. The molecule has 3 nitrogen and oxygen atoms in total. The van der Waals surface area contributed by atoms with Gasteiger partial charge in [0.1, 0.15) is 0 Å². The van der Waals surface area contributed by atoms with Crippen molar-refractivity contribution in [3.05, 3.63) is 46.4 Å². The quantitative estimate of drug-likeness (QED) is 0.759. The standard InChI is InChI=1S/C13H14N2OS/c1-10-12-3-2-5-14(12)6-7-15(10)13(16)11-4-8-17-9-11/h2-5,8-10H,6-7H2,1H3. The second kappa shape index (κ2) is 4.04. The topological polar surface area (TPSA) is 25.2 Å². The average molecular weight is 246 g/mol. The molecule has 1 amide bonds. The molecule has 0 fully saturated rings. The Morgan fingerprint density at radius 1 is 1.41 bits per heavy atom. The molecule has 0 bridgehead atoms. The van der Waals surface area contributed by atoms with Crippen molar-refractivity contribution in [2.75, 3.05) is 6.54 Å². The van der Waals surface area contributed by atoms with Gasteiger partial charge in [-0.1, -0.05) is 0 Å². The maximum absolute atomic E-state index is 12.3. The van der Waals surface area contributed by atoms with Crippen molar-refractivity contribution in [2.24, 2.45) is 0 Å². The van der Waals surface area contributed by atoms with Gasteiger partial charge in [-0.3, -0.25) is 4.79 Å². The van der Waals surface area contributed by atoms with E-state index in [-0.39, 0.29) is 11.9 Å². The predicted octanol–water partition coefficient (Wildman–Crippen LogP) is 2.77. The number of amides is 1. The van der Waals surface area contributed by atoms with Crippen molar-refractivity contribution in [3.63, 3.8) is 0 Å². The largest absolute Gasteiger partial charge is 0.348 e. The third kappa shape index (κ3) is 1.69. The van der Waals surface area contributed by atoms with Crippen molar-refractivity contribution in [2.45, 2.75) is 19.5 Å². The summed E-state index contributed by atoms with van der Waals surface area (Å²) in [5.41, 5.74) is 2.03. The monoisotopic (exact) mass is 246 g/mol. The zero-order valence-electron chi connectivity index (χ0n) is 9.67. The minimum atomic E-state index is 0.145. The molecule has 4 heteroatoms. The van der Waals surface area contributed by atoms with Crippen LogP contribution in [0.4, 0.5) is 0 Å². The lowest BCUT2D eigenvalue weighted by Crippen LogP contribution is -2.40. The van der Waals surface area contributed by atoms with Gasteiger partial charge in [0.15, 0.2) is 0 Å². The van der Waals surface area contributed by atoms with Crippen molar-refractivity contribution < 1.29 is 4.79 Å². The summed E-state index contributed by atoms with van der Waals surface area (Å²) in [5.74, 6) is 0.145. The first-order valence-corrected chi connectivity index (χ1v) is 6.70. The van der Waals surface area contributed by atoms with Crippen LogP contribution in [0.3, 0.4) is 0 Å². The molecular weight excluding hydrogens is 232 g/mol. The molecule has 3 heterocycles. The van der Waals surface area contributed by atoms with Crippen LogP contribution in [0.5, 0.6) is 0 Å². The highest BCUT2D eigenvalue weighted by Crippen LogP contribution is 2.27. The molecule has 0 saturated heterocycles. The molecule has 1 aliphatic rings. The molecule has 17 heavy (non-hydrogen) atoms. The molecule has 0 N–H and O–H groups in total. The Kier molecular flexibility index (Phi) is 2.52. The molecule has 88 valence electrons. The summed E-state index contributed by atoms with van der Waals surface area (Å²) in [6.45, 7) is 3.77. The average Bonchev–Trinajstić information content (AvgIpc) is 3.00. The Balaban J connectivity index is 1.89. The van der Waals surface area contributed by atoms with Crippen LogP contribution in [0.2, 0.25) is 0 Å². The molecule has 0 aliphatic carbocycles. The third-order valence-electron chi connectivity index (χ3n) is 3.37. The number of aromatic nitrogens is 1. The van der Waals surface area contributed by atoms with Crippen LogP contribution in [0.1, 0.15) is 29.0 Å². The second-order valence-electron chi connectivity index (χ2n) is 4.31. The van der Waals surface area contributed by atoms with E-state index in [0.717, 1.165) is 18.7 Å². The van der Waals surface area contributed by atoms with E-state index >= 15 is 0 Å². The van der Waals surface area contributed by atoms with Gasteiger partial charge in [-0.25, -0.2) is 0 Å². The van der Waals surface area contributed by atoms with E-state index in [1.807, 2.05) is 27.8 Å². The highest BCUT2D eigenvalue weighted by molar-refractivity contribution is 7.08. The summed E-state index contributed by atoms with van der Waals surface area (Å²) in [6, 6.07) is 6.20. The molecule has 1 atom stereocenters. The Labute approximate surface area is 104 Å². The SMILES string of the molecule is CC1c2cccn2CCN1C(=O)c1ccsc1. The van der Waals surface area contributed by atoms with Crippen LogP contribution in [0.25, 0.3) is 0 Å². The van der Waals surface area contributed by atoms with E-state index in [9.17, 15) is 4.79 Å².